The number of furan rings is 1. The van der Waals surface area contributed by atoms with Gasteiger partial charge in [0, 0.05) is 5.39 Å². The molecule has 1 heterocycles. The number of carbonyl (C=O) groups excluding carboxylic acids is 1. The fraction of sp³-hybridized carbons (Fsp3) is 0.0588. The van der Waals surface area contributed by atoms with Crippen molar-refractivity contribution in [1.29, 1.82) is 0 Å². The summed E-state index contributed by atoms with van der Waals surface area (Å²) in [5, 5.41) is 9.63. The molecule has 110 valence electrons. The third-order valence-corrected chi connectivity index (χ3v) is 3.21. The Hall–Kier alpha value is -3.08. The van der Waals surface area contributed by atoms with Gasteiger partial charge < -0.3 is 14.3 Å². The Morgan fingerprint density at radius 2 is 1.68 bits per heavy atom. The van der Waals surface area contributed by atoms with E-state index in [1.165, 1.54) is 0 Å². The Morgan fingerprint density at radius 3 is 2.41 bits per heavy atom. The number of esters is 1. The number of hydrogen-bond donors (Lipinski definition) is 1. The van der Waals surface area contributed by atoms with Crippen molar-refractivity contribution >= 4 is 22.9 Å². The molecule has 0 atom stereocenters. The number of rotatable bonds is 4. The molecule has 0 spiro atoms. The van der Waals surface area contributed by atoms with Crippen LogP contribution < -0.4 is 0 Å². The second-order valence-corrected chi connectivity index (χ2v) is 4.67. The van der Waals surface area contributed by atoms with Crippen molar-refractivity contribution in [2.75, 3.05) is 0 Å². The van der Waals surface area contributed by atoms with E-state index in [1.807, 2.05) is 30.3 Å². The Labute approximate surface area is 125 Å². The minimum Gasteiger partial charge on any atom is -0.475 e. The van der Waals surface area contributed by atoms with Crippen LogP contribution in [0.3, 0.4) is 0 Å². The number of aromatic carboxylic acids is 1. The summed E-state index contributed by atoms with van der Waals surface area (Å²) in [6.45, 7) is 0.0677. The van der Waals surface area contributed by atoms with Crippen molar-refractivity contribution in [2.45, 2.75) is 6.61 Å². The van der Waals surface area contributed by atoms with Crippen LogP contribution in [0.5, 0.6) is 0 Å². The molecule has 3 rings (SSSR count). The lowest BCUT2D eigenvalue weighted by Gasteiger charge is -2.04. The quantitative estimate of drug-likeness (QED) is 0.746. The van der Waals surface area contributed by atoms with Crippen molar-refractivity contribution in [2.24, 2.45) is 0 Å². The van der Waals surface area contributed by atoms with Gasteiger partial charge >= 0.3 is 11.9 Å². The van der Waals surface area contributed by atoms with Crippen LogP contribution in [0, 0.1) is 0 Å². The lowest BCUT2D eigenvalue weighted by atomic mass is 10.1. The monoisotopic (exact) mass is 296 g/mol. The van der Waals surface area contributed by atoms with E-state index < -0.39 is 17.7 Å². The first kappa shape index (κ1) is 13.9. The van der Waals surface area contributed by atoms with Crippen molar-refractivity contribution in [1.82, 2.24) is 0 Å². The molecule has 0 saturated heterocycles. The zero-order valence-corrected chi connectivity index (χ0v) is 11.5. The molecule has 1 N–H and O–H groups in total. The number of hydrogen-bond acceptors (Lipinski definition) is 4. The Balaban J connectivity index is 1.93. The van der Waals surface area contributed by atoms with E-state index in [0.717, 1.165) is 5.56 Å². The SMILES string of the molecule is O=C(O)c1oc2ccccc2c1C(=O)OCc1ccccc1. The molecule has 0 aliphatic carbocycles. The lowest BCUT2D eigenvalue weighted by Crippen LogP contribution is -2.09. The molecule has 1 aromatic heterocycles. The third kappa shape index (κ3) is 2.56. The smallest absolute Gasteiger partial charge is 0.372 e. The first-order chi connectivity index (χ1) is 10.7. The molecule has 5 nitrogen and oxygen atoms in total. The number of carboxylic acid groups (broad SMARTS) is 1. The number of para-hydroxylation sites is 1. The lowest BCUT2D eigenvalue weighted by molar-refractivity contribution is 0.0461. The average Bonchev–Trinajstić information content (AvgIpc) is 2.93. The van der Waals surface area contributed by atoms with Crippen LogP contribution in [-0.4, -0.2) is 17.0 Å². The van der Waals surface area contributed by atoms with Gasteiger partial charge in [0.25, 0.3) is 0 Å². The molecule has 2 aromatic carbocycles. The Kier molecular flexibility index (Phi) is 3.62. The summed E-state index contributed by atoms with van der Waals surface area (Å²) in [7, 11) is 0. The van der Waals surface area contributed by atoms with E-state index in [4.69, 9.17) is 9.15 Å². The van der Waals surface area contributed by atoms with Gasteiger partial charge in [-0.2, -0.15) is 0 Å². The minimum atomic E-state index is -1.30. The minimum absolute atomic E-state index is 0.0565. The maximum Gasteiger partial charge on any atom is 0.372 e. The van der Waals surface area contributed by atoms with Gasteiger partial charge in [0.2, 0.25) is 5.76 Å². The van der Waals surface area contributed by atoms with Gasteiger partial charge in [-0.25, -0.2) is 9.59 Å². The second kappa shape index (κ2) is 5.73. The maximum absolute atomic E-state index is 12.3. The van der Waals surface area contributed by atoms with Crippen LogP contribution in [-0.2, 0) is 11.3 Å². The fourth-order valence-electron chi connectivity index (χ4n) is 2.19. The van der Waals surface area contributed by atoms with Crippen molar-refractivity contribution < 1.29 is 23.8 Å². The van der Waals surface area contributed by atoms with Crippen LogP contribution in [0.1, 0.15) is 26.5 Å². The number of carboxylic acids is 1. The van der Waals surface area contributed by atoms with Crippen LogP contribution in [0.2, 0.25) is 0 Å². The molecule has 0 bridgehead atoms. The van der Waals surface area contributed by atoms with Crippen molar-refractivity contribution in [3.8, 4) is 0 Å². The molecule has 0 amide bonds. The summed E-state index contributed by atoms with van der Waals surface area (Å²) in [6.07, 6.45) is 0. The molecule has 0 radical (unpaired) electrons. The number of ether oxygens (including phenoxy) is 1. The highest BCUT2D eigenvalue weighted by Gasteiger charge is 2.26. The highest BCUT2D eigenvalue weighted by atomic mass is 16.5. The van der Waals surface area contributed by atoms with Crippen LogP contribution >= 0.6 is 0 Å². The molecule has 3 aromatic rings. The number of carbonyl (C=O) groups is 2. The highest BCUT2D eigenvalue weighted by molar-refractivity contribution is 6.10. The van der Waals surface area contributed by atoms with Gasteiger partial charge in [0.1, 0.15) is 17.8 Å². The zero-order valence-electron chi connectivity index (χ0n) is 11.5. The van der Waals surface area contributed by atoms with Crippen molar-refractivity contribution in [3.05, 3.63) is 71.5 Å². The molecule has 0 fully saturated rings. The molecule has 0 saturated carbocycles. The number of benzene rings is 2. The van der Waals surface area contributed by atoms with Gasteiger partial charge in [-0.1, -0.05) is 48.5 Å². The standard InChI is InChI=1S/C17H12O5/c18-16(19)15-14(12-8-4-5-9-13(12)22-15)17(20)21-10-11-6-2-1-3-7-11/h1-9H,10H2,(H,18,19). The molecular weight excluding hydrogens is 284 g/mol. The average molecular weight is 296 g/mol. The predicted molar refractivity (Wildman–Crippen MR) is 78.7 cm³/mol. The van der Waals surface area contributed by atoms with Gasteiger partial charge in [-0.3, -0.25) is 0 Å². The van der Waals surface area contributed by atoms with E-state index in [1.54, 1.807) is 24.3 Å². The highest BCUT2D eigenvalue weighted by Crippen LogP contribution is 2.26. The van der Waals surface area contributed by atoms with Gasteiger partial charge in [-0.15, -0.1) is 0 Å². The second-order valence-electron chi connectivity index (χ2n) is 4.67. The van der Waals surface area contributed by atoms with Gasteiger partial charge in [0.15, 0.2) is 0 Å². The Bertz CT molecular complexity index is 833. The van der Waals surface area contributed by atoms with E-state index in [-0.39, 0.29) is 12.2 Å². The summed E-state index contributed by atoms with van der Waals surface area (Å²) in [5.41, 5.74) is 1.10. The fourth-order valence-corrected chi connectivity index (χ4v) is 2.19. The van der Waals surface area contributed by atoms with Gasteiger partial charge in [-0.05, 0) is 11.6 Å². The molecular formula is C17H12O5. The van der Waals surface area contributed by atoms with E-state index in [2.05, 4.69) is 0 Å². The molecule has 0 aliphatic heterocycles. The molecule has 5 heteroatoms. The topological polar surface area (TPSA) is 76.7 Å². The predicted octanol–water partition coefficient (Wildman–Crippen LogP) is 3.49. The van der Waals surface area contributed by atoms with E-state index >= 15 is 0 Å². The summed E-state index contributed by atoms with van der Waals surface area (Å²) < 4.78 is 10.4. The van der Waals surface area contributed by atoms with E-state index in [0.29, 0.717) is 11.0 Å². The summed E-state index contributed by atoms with van der Waals surface area (Å²) in [4.78, 5) is 23.5. The molecule has 0 aliphatic rings. The first-order valence-electron chi connectivity index (χ1n) is 6.62. The molecule has 22 heavy (non-hydrogen) atoms. The summed E-state index contributed by atoms with van der Waals surface area (Å²) >= 11 is 0. The summed E-state index contributed by atoms with van der Waals surface area (Å²) in [6, 6.07) is 15.8. The van der Waals surface area contributed by atoms with Crippen LogP contribution in [0.15, 0.2) is 59.0 Å². The van der Waals surface area contributed by atoms with E-state index in [9.17, 15) is 14.7 Å². The third-order valence-electron chi connectivity index (χ3n) is 3.21. The summed E-state index contributed by atoms with van der Waals surface area (Å²) in [5.74, 6) is -2.42. The Morgan fingerprint density at radius 1 is 1.00 bits per heavy atom. The van der Waals surface area contributed by atoms with Crippen LogP contribution in [0.4, 0.5) is 0 Å². The first-order valence-corrected chi connectivity index (χ1v) is 6.62. The molecule has 0 unspecified atom stereocenters. The van der Waals surface area contributed by atoms with Crippen molar-refractivity contribution in [3.63, 3.8) is 0 Å². The number of fused-ring (bicyclic) bond motifs is 1. The largest absolute Gasteiger partial charge is 0.475 e. The normalized spacial score (nSPS) is 10.5. The zero-order chi connectivity index (χ0) is 15.5. The van der Waals surface area contributed by atoms with Crippen LogP contribution in [0.25, 0.3) is 11.0 Å². The van der Waals surface area contributed by atoms with Gasteiger partial charge in [0.05, 0.1) is 0 Å². The maximum atomic E-state index is 12.3.